The second kappa shape index (κ2) is 7.59. The third-order valence-electron chi connectivity index (χ3n) is 4.01. The molecule has 0 bridgehead atoms. The molecule has 0 aliphatic carbocycles. The minimum atomic E-state index is -0.740. The van der Waals surface area contributed by atoms with Crippen LogP contribution in [0, 0.1) is 0 Å². The third-order valence-corrected chi connectivity index (χ3v) is 4.01. The fourth-order valence-corrected chi connectivity index (χ4v) is 2.95. The number of methoxy groups -OCH3 is 1. The number of phenols is 1. The highest BCUT2D eigenvalue weighted by Gasteiger charge is 2.31. The fourth-order valence-electron chi connectivity index (χ4n) is 2.95. The molecule has 0 saturated carbocycles. The topological polar surface area (TPSA) is 108 Å². The average Bonchev–Trinajstić information content (AvgIpc) is 2.59. The fraction of sp³-hybridized carbons (Fsp3) is 0.250. The van der Waals surface area contributed by atoms with Gasteiger partial charge in [0.05, 0.1) is 13.5 Å². The second-order valence-electron chi connectivity index (χ2n) is 6.18. The van der Waals surface area contributed by atoms with E-state index in [-0.39, 0.29) is 40.8 Å². The molecule has 2 aromatic rings. The van der Waals surface area contributed by atoms with Crippen LogP contribution in [0.3, 0.4) is 0 Å². The summed E-state index contributed by atoms with van der Waals surface area (Å²) in [5, 5.41) is 10.1. The lowest BCUT2D eigenvalue weighted by molar-refractivity contribution is -0.132. The van der Waals surface area contributed by atoms with E-state index < -0.39 is 18.0 Å². The molecule has 0 saturated heterocycles. The van der Waals surface area contributed by atoms with Crippen LogP contribution in [0.25, 0.3) is 0 Å². The average molecular weight is 386 g/mol. The highest BCUT2D eigenvalue weighted by Crippen LogP contribution is 2.42. The quantitative estimate of drug-likeness (QED) is 0.631. The largest absolute Gasteiger partial charge is 0.507 e. The maximum atomic E-state index is 12.6. The van der Waals surface area contributed by atoms with Crippen molar-refractivity contribution in [2.24, 2.45) is 0 Å². The van der Waals surface area contributed by atoms with Crippen molar-refractivity contribution in [2.75, 3.05) is 7.11 Å². The molecule has 0 fully saturated rings. The van der Waals surface area contributed by atoms with Gasteiger partial charge in [-0.25, -0.2) is 0 Å². The summed E-state index contributed by atoms with van der Waals surface area (Å²) < 4.78 is 21.2. The standard InChI is InChI=1S/C20H18O8/c1-10(21)26-14-4-12(5-15(6-14)27-11(2)22)18-9-17(24)20-16(23)7-13(25-3)8-19(20)28-18/h4-8,18,23H,9H2,1-3H3. The lowest BCUT2D eigenvalue weighted by atomic mass is 9.95. The molecule has 1 unspecified atom stereocenters. The van der Waals surface area contributed by atoms with Gasteiger partial charge in [-0.2, -0.15) is 0 Å². The molecule has 8 heteroatoms. The predicted molar refractivity (Wildman–Crippen MR) is 96.0 cm³/mol. The first-order chi connectivity index (χ1) is 13.3. The van der Waals surface area contributed by atoms with Crippen LogP contribution in [-0.4, -0.2) is 29.9 Å². The van der Waals surface area contributed by atoms with Crippen LogP contribution in [0.1, 0.15) is 42.3 Å². The van der Waals surface area contributed by atoms with Crippen LogP contribution < -0.4 is 18.9 Å². The Bertz CT molecular complexity index is 929. The van der Waals surface area contributed by atoms with Crippen LogP contribution in [-0.2, 0) is 9.59 Å². The summed E-state index contributed by atoms with van der Waals surface area (Å²) in [4.78, 5) is 35.2. The van der Waals surface area contributed by atoms with Crippen molar-refractivity contribution in [3.05, 3.63) is 41.5 Å². The van der Waals surface area contributed by atoms with Gasteiger partial charge in [-0.05, 0) is 12.1 Å². The zero-order valence-corrected chi connectivity index (χ0v) is 15.5. The van der Waals surface area contributed by atoms with Gasteiger partial charge < -0.3 is 24.1 Å². The first-order valence-electron chi connectivity index (χ1n) is 8.39. The smallest absolute Gasteiger partial charge is 0.308 e. The SMILES string of the molecule is COc1cc(O)c2c(c1)OC(c1cc(OC(C)=O)cc(OC(C)=O)c1)CC2=O. The van der Waals surface area contributed by atoms with E-state index in [9.17, 15) is 19.5 Å². The minimum Gasteiger partial charge on any atom is -0.507 e. The number of carbonyl (C=O) groups excluding carboxylic acids is 3. The van der Waals surface area contributed by atoms with Gasteiger partial charge in [0.15, 0.2) is 5.78 Å². The molecule has 1 aliphatic heterocycles. The van der Waals surface area contributed by atoms with Gasteiger partial charge in [-0.3, -0.25) is 14.4 Å². The normalized spacial score (nSPS) is 15.2. The predicted octanol–water partition coefficient (Wildman–Crippen LogP) is 2.96. The number of Topliss-reactive ketones (excluding diaryl/α,β-unsaturated/α-hetero) is 1. The van der Waals surface area contributed by atoms with Gasteiger partial charge in [-0.15, -0.1) is 0 Å². The Morgan fingerprint density at radius 3 is 2.14 bits per heavy atom. The molecule has 1 atom stereocenters. The van der Waals surface area contributed by atoms with E-state index in [2.05, 4.69) is 0 Å². The molecule has 0 amide bonds. The number of aromatic hydroxyl groups is 1. The van der Waals surface area contributed by atoms with E-state index in [0.29, 0.717) is 11.3 Å². The number of ether oxygens (including phenoxy) is 4. The van der Waals surface area contributed by atoms with Crippen molar-refractivity contribution in [3.8, 4) is 28.7 Å². The summed E-state index contributed by atoms with van der Waals surface area (Å²) in [5.41, 5.74) is 0.546. The summed E-state index contributed by atoms with van der Waals surface area (Å²) in [5.74, 6) is -0.847. The molecule has 146 valence electrons. The highest BCUT2D eigenvalue weighted by molar-refractivity contribution is 6.02. The second-order valence-corrected chi connectivity index (χ2v) is 6.18. The van der Waals surface area contributed by atoms with E-state index >= 15 is 0 Å². The van der Waals surface area contributed by atoms with Crippen molar-refractivity contribution in [3.63, 3.8) is 0 Å². The van der Waals surface area contributed by atoms with Crippen molar-refractivity contribution in [1.29, 1.82) is 0 Å². The zero-order valence-electron chi connectivity index (χ0n) is 15.5. The van der Waals surface area contributed by atoms with E-state index in [1.807, 2.05) is 0 Å². The number of rotatable bonds is 4. The van der Waals surface area contributed by atoms with E-state index in [4.69, 9.17) is 18.9 Å². The first-order valence-corrected chi connectivity index (χ1v) is 8.39. The number of fused-ring (bicyclic) bond motifs is 1. The van der Waals surface area contributed by atoms with E-state index in [1.54, 1.807) is 0 Å². The van der Waals surface area contributed by atoms with Crippen LogP contribution >= 0.6 is 0 Å². The first kappa shape index (κ1) is 19.2. The summed E-state index contributed by atoms with van der Waals surface area (Å²) >= 11 is 0. The Morgan fingerprint density at radius 1 is 1.00 bits per heavy atom. The van der Waals surface area contributed by atoms with Crippen LogP contribution in [0.2, 0.25) is 0 Å². The molecule has 1 heterocycles. The number of hydrogen-bond donors (Lipinski definition) is 1. The van der Waals surface area contributed by atoms with Crippen molar-refractivity contribution in [2.45, 2.75) is 26.4 Å². The lowest BCUT2D eigenvalue weighted by Crippen LogP contribution is -2.21. The van der Waals surface area contributed by atoms with Gasteiger partial charge in [0, 0.05) is 37.6 Å². The van der Waals surface area contributed by atoms with Crippen LogP contribution in [0.4, 0.5) is 0 Å². The Kier molecular flexibility index (Phi) is 5.21. The zero-order chi connectivity index (χ0) is 20.4. The Hall–Kier alpha value is -3.55. The molecule has 0 radical (unpaired) electrons. The third kappa shape index (κ3) is 4.06. The number of carbonyl (C=O) groups is 3. The number of esters is 2. The molecule has 3 rings (SSSR count). The van der Waals surface area contributed by atoms with E-state index in [0.717, 1.165) is 0 Å². The number of phenolic OH excluding ortho intramolecular Hbond substituents is 1. The van der Waals surface area contributed by atoms with Gasteiger partial charge in [0.1, 0.15) is 40.4 Å². The Morgan fingerprint density at radius 2 is 1.61 bits per heavy atom. The molecular weight excluding hydrogens is 368 g/mol. The summed E-state index contributed by atoms with van der Waals surface area (Å²) in [6.07, 6.45) is -0.799. The molecule has 0 aromatic heterocycles. The molecule has 1 aliphatic rings. The minimum absolute atomic E-state index is 0.0596. The van der Waals surface area contributed by atoms with Gasteiger partial charge in [0.25, 0.3) is 0 Å². The Labute approximate surface area is 160 Å². The summed E-state index contributed by atoms with van der Waals surface area (Å²) in [7, 11) is 1.43. The molecule has 2 aromatic carbocycles. The lowest BCUT2D eigenvalue weighted by Gasteiger charge is -2.27. The number of hydrogen-bond acceptors (Lipinski definition) is 8. The number of benzene rings is 2. The highest BCUT2D eigenvalue weighted by atomic mass is 16.5. The number of ketones is 1. The Balaban J connectivity index is 2.01. The summed E-state index contributed by atoms with van der Waals surface area (Å²) in [6, 6.07) is 7.27. The van der Waals surface area contributed by atoms with Crippen molar-refractivity contribution >= 4 is 17.7 Å². The summed E-state index contributed by atoms with van der Waals surface area (Å²) in [6.45, 7) is 2.48. The molecule has 28 heavy (non-hydrogen) atoms. The van der Waals surface area contributed by atoms with Crippen LogP contribution in [0.15, 0.2) is 30.3 Å². The van der Waals surface area contributed by atoms with Crippen molar-refractivity contribution in [1.82, 2.24) is 0 Å². The molecule has 0 spiro atoms. The van der Waals surface area contributed by atoms with E-state index in [1.165, 1.54) is 51.3 Å². The van der Waals surface area contributed by atoms with Gasteiger partial charge in [-0.1, -0.05) is 0 Å². The van der Waals surface area contributed by atoms with Gasteiger partial charge >= 0.3 is 11.9 Å². The van der Waals surface area contributed by atoms with Crippen molar-refractivity contribution < 1.29 is 38.4 Å². The molecule has 8 nitrogen and oxygen atoms in total. The molecular formula is C20H18O8. The monoisotopic (exact) mass is 386 g/mol. The molecule has 1 N–H and O–H groups in total. The maximum Gasteiger partial charge on any atom is 0.308 e. The van der Waals surface area contributed by atoms with Gasteiger partial charge in [0.2, 0.25) is 0 Å². The van der Waals surface area contributed by atoms with Crippen LogP contribution in [0.5, 0.6) is 28.7 Å². The maximum absolute atomic E-state index is 12.6.